The van der Waals surface area contributed by atoms with Gasteiger partial charge in [-0.1, -0.05) is 12.1 Å². The lowest BCUT2D eigenvalue weighted by atomic mass is 10.1. The topological polar surface area (TPSA) is 81.3 Å². The van der Waals surface area contributed by atoms with Crippen LogP contribution in [0.4, 0.5) is 0 Å². The number of rotatable bonds is 1. The third-order valence-corrected chi connectivity index (χ3v) is 1.32. The Bertz CT molecular complexity index is 248. The van der Waals surface area contributed by atoms with E-state index in [-0.39, 0.29) is 5.48 Å². The molecule has 1 aromatic rings. The third-order valence-electron chi connectivity index (χ3n) is 1.32. The van der Waals surface area contributed by atoms with Crippen LogP contribution in [0.5, 0.6) is 0 Å². The summed E-state index contributed by atoms with van der Waals surface area (Å²) in [4.78, 5) is 0. The minimum atomic E-state index is 0. The van der Waals surface area contributed by atoms with Gasteiger partial charge in [0.15, 0.2) is 0 Å². The molecule has 0 aliphatic rings. The molecule has 0 bridgehead atoms. The molecule has 58 valence electrons. The molecule has 0 aromatic heterocycles. The molecule has 11 heavy (non-hydrogen) atoms. The Hall–Kier alpha value is -1.37. The van der Waals surface area contributed by atoms with Crippen molar-refractivity contribution in [3.63, 3.8) is 0 Å². The van der Waals surface area contributed by atoms with E-state index < -0.39 is 0 Å². The SMILES string of the molecule is N#Cc1ccc(CN)cc1.O. The number of nitriles is 1. The van der Waals surface area contributed by atoms with Crippen LogP contribution in [-0.2, 0) is 6.54 Å². The van der Waals surface area contributed by atoms with E-state index in [1.807, 2.05) is 18.2 Å². The Balaban J connectivity index is 0.000001000. The van der Waals surface area contributed by atoms with Gasteiger partial charge in [0, 0.05) is 6.54 Å². The van der Waals surface area contributed by atoms with E-state index in [2.05, 4.69) is 0 Å². The second-order valence-corrected chi connectivity index (χ2v) is 2.01. The van der Waals surface area contributed by atoms with Crippen LogP contribution in [-0.4, -0.2) is 5.48 Å². The summed E-state index contributed by atoms with van der Waals surface area (Å²) in [6.45, 7) is 0.533. The quantitative estimate of drug-likeness (QED) is 0.620. The normalized spacial score (nSPS) is 8.00. The van der Waals surface area contributed by atoms with Crippen molar-refractivity contribution in [3.8, 4) is 6.07 Å². The number of benzene rings is 1. The van der Waals surface area contributed by atoms with E-state index in [1.54, 1.807) is 12.1 Å². The Morgan fingerprint density at radius 1 is 1.27 bits per heavy atom. The van der Waals surface area contributed by atoms with E-state index >= 15 is 0 Å². The van der Waals surface area contributed by atoms with Gasteiger partial charge in [0.05, 0.1) is 11.6 Å². The van der Waals surface area contributed by atoms with Crippen molar-refractivity contribution in [1.29, 1.82) is 5.26 Å². The number of hydrogen-bond acceptors (Lipinski definition) is 2. The lowest BCUT2D eigenvalue weighted by molar-refractivity contribution is 0.824. The monoisotopic (exact) mass is 150 g/mol. The molecule has 0 spiro atoms. The first-order valence-corrected chi connectivity index (χ1v) is 3.06. The summed E-state index contributed by atoms with van der Waals surface area (Å²) in [7, 11) is 0. The van der Waals surface area contributed by atoms with Gasteiger partial charge in [0.1, 0.15) is 0 Å². The molecular weight excluding hydrogens is 140 g/mol. The molecule has 3 heteroatoms. The molecule has 0 amide bonds. The van der Waals surface area contributed by atoms with E-state index in [1.165, 1.54) is 0 Å². The average molecular weight is 150 g/mol. The van der Waals surface area contributed by atoms with Crippen LogP contribution in [0.3, 0.4) is 0 Å². The lowest BCUT2D eigenvalue weighted by Gasteiger charge is -1.93. The van der Waals surface area contributed by atoms with Crippen molar-refractivity contribution in [3.05, 3.63) is 35.4 Å². The van der Waals surface area contributed by atoms with Crippen molar-refractivity contribution in [2.45, 2.75) is 6.54 Å². The number of hydrogen-bond donors (Lipinski definition) is 1. The second-order valence-electron chi connectivity index (χ2n) is 2.01. The fourth-order valence-corrected chi connectivity index (χ4v) is 0.715. The molecule has 0 unspecified atom stereocenters. The maximum Gasteiger partial charge on any atom is 0.0991 e. The van der Waals surface area contributed by atoms with E-state index in [0.29, 0.717) is 12.1 Å². The Labute approximate surface area is 65.4 Å². The van der Waals surface area contributed by atoms with Gasteiger partial charge in [-0.05, 0) is 17.7 Å². The zero-order valence-corrected chi connectivity index (χ0v) is 6.04. The smallest absolute Gasteiger partial charge is 0.0991 e. The largest absolute Gasteiger partial charge is 0.412 e. The van der Waals surface area contributed by atoms with Crippen LogP contribution in [0.15, 0.2) is 24.3 Å². The van der Waals surface area contributed by atoms with Gasteiger partial charge in [-0.3, -0.25) is 0 Å². The standard InChI is InChI=1S/C8H8N2.H2O/c9-5-7-1-2-8(6-10)4-3-7;/h1-4H,5,9H2;1H2. The lowest BCUT2D eigenvalue weighted by Crippen LogP contribution is -1.94. The summed E-state index contributed by atoms with van der Waals surface area (Å²) in [5.41, 5.74) is 7.09. The van der Waals surface area contributed by atoms with Crippen molar-refractivity contribution >= 4 is 0 Å². The molecular formula is C8H10N2O. The van der Waals surface area contributed by atoms with Gasteiger partial charge < -0.3 is 11.2 Å². The fourth-order valence-electron chi connectivity index (χ4n) is 0.715. The first-order chi connectivity index (χ1) is 4.86. The minimum Gasteiger partial charge on any atom is -0.412 e. The Morgan fingerprint density at radius 3 is 2.18 bits per heavy atom. The van der Waals surface area contributed by atoms with Crippen LogP contribution in [0, 0.1) is 11.3 Å². The van der Waals surface area contributed by atoms with Gasteiger partial charge in [-0.15, -0.1) is 0 Å². The van der Waals surface area contributed by atoms with Crippen molar-refractivity contribution < 1.29 is 5.48 Å². The summed E-state index contributed by atoms with van der Waals surface area (Å²) in [5.74, 6) is 0. The van der Waals surface area contributed by atoms with Gasteiger partial charge >= 0.3 is 0 Å². The third kappa shape index (κ3) is 2.38. The maximum absolute atomic E-state index is 8.42. The van der Waals surface area contributed by atoms with Crippen molar-refractivity contribution in [2.75, 3.05) is 0 Å². The highest BCUT2D eigenvalue weighted by atomic mass is 16.0. The molecule has 0 saturated heterocycles. The highest BCUT2D eigenvalue weighted by Gasteiger charge is 1.88. The molecule has 0 aliphatic heterocycles. The van der Waals surface area contributed by atoms with Gasteiger partial charge in [0.25, 0.3) is 0 Å². The zero-order valence-electron chi connectivity index (χ0n) is 6.04. The molecule has 1 rings (SSSR count). The van der Waals surface area contributed by atoms with Crippen LogP contribution in [0.1, 0.15) is 11.1 Å². The summed E-state index contributed by atoms with van der Waals surface area (Å²) in [6.07, 6.45) is 0. The van der Waals surface area contributed by atoms with Crippen LogP contribution in [0.25, 0.3) is 0 Å². The highest BCUT2D eigenvalue weighted by Crippen LogP contribution is 2.01. The molecule has 0 aliphatic carbocycles. The van der Waals surface area contributed by atoms with Gasteiger partial charge in [-0.25, -0.2) is 0 Å². The van der Waals surface area contributed by atoms with Crippen molar-refractivity contribution in [1.82, 2.24) is 0 Å². The number of nitrogens with zero attached hydrogens (tertiary/aromatic N) is 1. The molecule has 0 heterocycles. The summed E-state index contributed by atoms with van der Waals surface area (Å²) >= 11 is 0. The van der Waals surface area contributed by atoms with Crippen molar-refractivity contribution in [2.24, 2.45) is 5.73 Å². The van der Waals surface area contributed by atoms with E-state index in [4.69, 9.17) is 11.0 Å². The highest BCUT2D eigenvalue weighted by molar-refractivity contribution is 5.31. The Kier molecular flexibility index (Phi) is 3.89. The molecule has 1 aromatic carbocycles. The molecule has 3 nitrogen and oxygen atoms in total. The molecule has 0 atom stereocenters. The Morgan fingerprint density at radius 2 is 1.82 bits per heavy atom. The predicted molar refractivity (Wildman–Crippen MR) is 42.7 cm³/mol. The maximum atomic E-state index is 8.42. The summed E-state index contributed by atoms with van der Waals surface area (Å²) < 4.78 is 0. The molecule has 0 radical (unpaired) electrons. The first-order valence-electron chi connectivity index (χ1n) is 3.06. The van der Waals surface area contributed by atoms with Crippen LogP contribution in [0.2, 0.25) is 0 Å². The summed E-state index contributed by atoms with van der Waals surface area (Å²) in [6, 6.07) is 9.29. The van der Waals surface area contributed by atoms with Crippen LogP contribution < -0.4 is 5.73 Å². The summed E-state index contributed by atoms with van der Waals surface area (Å²) in [5, 5.41) is 8.42. The first kappa shape index (κ1) is 9.63. The van der Waals surface area contributed by atoms with Gasteiger partial charge in [-0.2, -0.15) is 5.26 Å². The molecule has 0 fully saturated rings. The molecule has 4 N–H and O–H groups in total. The fraction of sp³-hybridized carbons (Fsp3) is 0.125. The zero-order chi connectivity index (χ0) is 7.40. The predicted octanol–water partition coefficient (Wildman–Crippen LogP) is 0.192. The van der Waals surface area contributed by atoms with E-state index in [0.717, 1.165) is 5.56 Å². The van der Waals surface area contributed by atoms with Gasteiger partial charge in [0.2, 0.25) is 0 Å². The molecule has 0 saturated carbocycles. The van der Waals surface area contributed by atoms with Crippen LogP contribution >= 0.6 is 0 Å². The second kappa shape index (κ2) is 4.45. The van der Waals surface area contributed by atoms with E-state index in [9.17, 15) is 0 Å². The average Bonchev–Trinajstić information content (AvgIpc) is 2.05. The number of nitrogens with two attached hydrogens (primary N) is 1. The minimum absolute atomic E-state index is 0.